The molecule has 1 fully saturated rings. The number of nitrogens with one attached hydrogen (secondary N) is 4. The van der Waals surface area contributed by atoms with E-state index < -0.39 is 35.7 Å². The Hall–Kier alpha value is -3.41. The van der Waals surface area contributed by atoms with Crippen LogP contribution in [0.1, 0.15) is 37.8 Å². The molecule has 2 atom stereocenters. The second kappa shape index (κ2) is 9.57. The van der Waals surface area contributed by atoms with Gasteiger partial charge in [-0.3, -0.25) is 14.6 Å². The molecule has 2 aromatic heterocycles. The normalized spacial score (nSPS) is 20.8. The fraction of sp³-hybridized carbons (Fsp3) is 0.500. The van der Waals surface area contributed by atoms with Gasteiger partial charge in [0, 0.05) is 37.2 Å². The zero-order valence-corrected chi connectivity index (χ0v) is 19.9. The third kappa shape index (κ3) is 5.38. The van der Waals surface area contributed by atoms with E-state index >= 15 is 0 Å². The van der Waals surface area contributed by atoms with Crippen LogP contribution in [0.25, 0.3) is 0 Å². The summed E-state index contributed by atoms with van der Waals surface area (Å²) in [4.78, 5) is 34.7. The lowest BCUT2D eigenvalue weighted by Crippen LogP contribution is -2.49. The van der Waals surface area contributed by atoms with Crippen LogP contribution in [0.2, 0.25) is 0 Å². The van der Waals surface area contributed by atoms with Crippen molar-refractivity contribution < 1.29 is 27.9 Å². The van der Waals surface area contributed by atoms with Gasteiger partial charge >= 0.3 is 6.18 Å². The van der Waals surface area contributed by atoms with E-state index in [1.807, 2.05) is 5.32 Å². The maximum Gasteiger partial charge on any atom is 0.405 e. The average Bonchev–Trinajstić information content (AvgIpc) is 3.44. The van der Waals surface area contributed by atoms with Crippen molar-refractivity contribution in [2.24, 2.45) is 5.92 Å². The van der Waals surface area contributed by atoms with Gasteiger partial charge in [0.05, 0.1) is 11.3 Å². The third-order valence-electron chi connectivity index (χ3n) is 6.55. The summed E-state index contributed by atoms with van der Waals surface area (Å²) >= 11 is 0. The molecule has 1 aliphatic carbocycles. The van der Waals surface area contributed by atoms with Gasteiger partial charge < -0.3 is 26.4 Å². The second-order valence-electron chi connectivity index (χ2n) is 9.73. The number of hydrogen-bond acceptors (Lipinski definition) is 7. The largest absolute Gasteiger partial charge is 0.405 e. The first-order chi connectivity index (χ1) is 16.9. The predicted molar refractivity (Wildman–Crippen MR) is 126 cm³/mol. The molecule has 2 aliphatic rings. The van der Waals surface area contributed by atoms with Crippen molar-refractivity contribution in [2.75, 3.05) is 30.3 Å². The summed E-state index contributed by atoms with van der Waals surface area (Å²) < 4.78 is 37.8. The van der Waals surface area contributed by atoms with Gasteiger partial charge in [-0.2, -0.15) is 13.2 Å². The molecular formula is C24H29F3N6O3. The van der Waals surface area contributed by atoms with Crippen molar-refractivity contribution in [1.29, 1.82) is 0 Å². The van der Waals surface area contributed by atoms with E-state index in [0.717, 1.165) is 0 Å². The van der Waals surface area contributed by atoms with E-state index in [1.165, 1.54) is 12.4 Å². The molecule has 0 spiro atoms. The maximum absolute atomic E-state index is 13.6. The SMILES string of the molecule is CC(C)[C@@H](Nc1cncc(C2(C(=O)NCC3(O)CC3)CNc3ncccc32)c1)C(=O)NCC(F)(F)F. The number of carbonyl (C=O) groups excluding carboxylic acids is 2. The number of carbonyl (C=O) groups is 2. The lowest BCUT2D eigenvalue weighted by Gasteiger charge is -2.30. The van der Waals surface area contributed by atoms with Gasteiger partial charge in [-0.05, 0) is 36.5 Å². The van der Waals surface area contributed by atoms with Crippen LogP contribution in [0.3, 0.4) is 0 Å². The van der Waals surface area contributed by atoms with Gasteiger partial charge in [0.1, 0.15) is 23.8 Å². The summed E-state index contributed by atoms with van der Waals surface area (Å²) in [5, 5.41) is 21.1. The molecule has 194 valence electrons. The Labute approximate surface area is 206 Å². The average molecular weight is 507 g/mol. The first-order valence-electron chi connectivity index (χ1n) is 11.7. The van der Waals surface area contributed by atoms with E-state index in [4.69, 9.17) is 0 Å². The first-order valence-corrected chi connectivity index (χ1v) is 11.7. The molecule has 36 heavy (non-hydrogen) atoms. The molecule has 0 aromatic carbocycles. The van der Waals surface area contributed by atoms with Crippen molar-refractivity contribution in [1.82, 2.24) is 20.6 Å². The van der Waals surface area contributed by atoms with Crippen molar-refractivity contribution in [3.63, 3.8) is 0 Å². The van der Waals surface area contributed by atoms with Crippen LogP contribution < -0.4 is 21.3 Å². The standard InChI is InChI=1S/C24H29F3N6O3/c1-14(2)18(20(34)31-13-24(25,26)27)33-16-8-15(9-28-10-16)23(21(35)32-11-22(36)5-6-22)12-30-19-17(23)4-3-7-29-19/h3-4,7-10,14,18,33,36H,5-6,11-13H2,1-2H3,(H,29,30)(H,31,34)(H,32,35)/t18-,23?/m1/s1. The Morgan fingerprint density at radius 1 is 1.22 bits per heavy atom. The molecule has 1 unspecified atom stereocenters. The lowest BCUT2D eigenvalue weighted by molar-refractivity contribution is -0.139. The molecule has 2 aromatic rings. The van der Waals surface area contributed by atoms with Crippen LogP contribution in [-0.2, 0) is 15.0 Å². The number of aromatic nitrogens is 2. The molecule has 3 heterocycles. The highest BCUT2D eigenvalue weighted by molar-refractivity contribution is 5.96. The minimum absolute atomic E-state index is 0.114. The van der Waals surface area contributed by atoms with Crippen LogP contribution in [0.5, 0.6) is 0 Å². The van der Waals surface area contributed by atoms with Gasteiger partial charge in [0.2, 0.25) is 11.8 Å². The molecule has 1 aliphatic heterocycles. The number of alkyl halides is 3. The molecule has 2 amide bonds. The van der Waals surface area contributed by atoms with Crippen molar-refractivity contribution in [2.45, 2.75) is 49.9 Å². The Morgan fingerprint density at radius 2 is 1.97 bits per heavy atom. The highest BCUT2D eigenvalue weighted by Gasteiger charge is 2.50. The quantitative estimate of drug-likeness (QED) is 0.352. The van der Waals surface area contributed by atoms with Crippen LogP contribution in [-0.4, -0.2) is 64.3 Å². The maximum atomic E-state index is 13.6. The van der Waals surface area contributed by atoms with E-state index in [9.17, 15) is 27.9 Å². The van der Waals surface area contributed by atoms with Gasteiger partial charge in [-0.1, -0.05) is 19.9 Å². The van der Waals surface area contributed by atoms with E-state index in [2.05, 4.69) is 25.9 Å². The van der Waals surface area contributed by atoms with Crippen molar-refractivity contribution >= 4 is 23.3 Å². The van der Waals surface area contributed by atoms with Gasteiger partial charge in [-0.15, -0.1) is 0 Å². The molecular weight excluding hydrogens is 477 g/mol. The number of rotatable bonds is 9. The fourth-order valence-electron chi connectivity index (χ4n) is 4.27. The second-order valence-corrected chi connectivity index (χ2v) is 9.73. The van der Waals surface area contributed by atoms with E-state index in [-0.39, 0.29) is 24.9 Å². The fourth-order valence-corrected chi connectivity index (χ4v) is 4.27. The summed E-state index contributed by atoms with van der Waals surface area (Å²) in [5.74, 6) is -0.932. The molecule has 1 saturated carbocycles. The predicted octanol–water partition coefficient (Wildman–Crippen LogP) is 1.94. The third-order valence-corrected chi connectivity index (χ3v) is 6.55. The minimum Gasteiger partial charge on any atom is -0.388 e. The zero-order chi connectivity index (χ0) is 26.1. The summed E-state index contributed by atoms with van der Waals surface area (Å²) in [7, 11) is 0. The number of nitrogens with zero attached hydrogens (tertiary/aromatic N) is 2. The van der Waals surface area contributed by atoms with Crippen LogP contribution in [0.4, 0.5) is 24.7 Å². The molecule has 5 N–H and O–H groups in total. The number of aliphatic hydroxyl groups is 1. The number of hydrogen-bond donors (Lipinski definition) is 5. The highest BCUT2D eigenvalue weighted by atomic mass is 19.4. The first kappa shape index (κ1) is 25.7. The topological polar surface area (TPSA) is 128 Å². The Kier molecular flexibility index (Phi) is 6.82. The Bertz CT molecular complexity index is 1140. The number of amides is 2. The molecule has 12 heteroatoms. The number of anilines is 2. The smallest absolute Gasteiger partial charge is 0.388 e. The Balaban J connectivity index is 1.63. The minimum atomic E-state index is -4.52. The molecule has 0 bridgehead atoms. The Morgan fingerprint density at radius 3 is 2.64 bits per heavy atom. The van der Waals surface area contributed by atoms with Gasteiger partial charge in [-0.25, -0.2) is 4.98 Å². The summed E-state index contributed by atoms with van der Waals surface area (Å²) in [6.07, 6.45) is 1.30. The summed E-state index contributed by atoms with van der Waals surface area (Å²) in [5.41, 5.74) is -0.599. The van der Waals surface area contributed by atoms with Crippen LogP contribution in [0, 0.1) is 5.92 Å². The monoisotopic (exact) mass is 506 g/mol. The van der Waals surface area contributed by atoms with E-state index in [1.54, 1.807) is 38.2 Å². The van der Waals surface area contributed by atoms with Crippen LogP contribution >= 0.6 is 0 Å². The van der Waals surface area contributed by atoms with Crippen molar-refractivity contribution in [3.8, 4) is 0 Å². The number of fused-ring (bicyclic) bond motifs is 1. The molecule has 9 nitrogen and oxygen atoms in total. The number of halogens is 3. The molecule has 0 saturated heterocycles. The van der Waals surface area contributed by atoms with Gasteiger partial charge in [0.15, 0.2) is 0 Å². The lowest BCUT2D eigenvalue weighted by atomic mass is 9.76. The summed E-state index contributed by atoms with van der Waals surface area (Å²) in [6.45, 7) is 2.29. The molecule has 0 radical (unpaired) electrons. The molecule has 4 rings (SSSR count). The summed E-state index contributed by atoms with van der Waals surface area (Å²) in [6, 6.07) is 4.20. The highest BCUT2D eigenvalue weighted by Crippen LogP contribution is 2.42. The number of pyridine rings is 2. The zero-order valence-electron chi connectivity index (χ0n) is 19.9. The van der Waals surface area contributed by atoms with E-state index in [0.29, 0.717) is 35.5 Å². The van der Waals surface area contributed by atoms with Crippen molar-refractivity contribution in [3.05, 3.63) is 47.9 Å². The van der Waals surface area contributed by atoms with Gasteiger partial charge in [0.25, 0.3) is 0 Å². The van der Waals surface area contributed by atoms with Crippen LogP contribution in [0.15, 0.2) is 36.8 Å².